The Bertz CT molecular complexity index is 732. The molecule has 1 aliphatic rings. The molecule has 0 bridgehead atoms. The van der Waals surface area contributed by atoms with Gasteiger partial charge in [0.15, 0.2) is 15.8 Å². The maximum Gasteiger partial charge on any atom is 0.251 e. The normalized spacial score (nSPS) is 19.0. The number of guanidine groups is 1. The van der Waals surface area contributed by atoms with E-state index >= 15 is 0 Å². The van der Waals surface area contributed by atoms with Crippen LogP contribution in [0.25, 0.3) is 0 Å². The van der Waals surface area contributed by atoms with Gasteiger partial charge >= 0.3 is 0 Å². The average Bonchev–Trinajstić information content (AvgIpc) is 2.97. The number of hydrogen-bond acceptors (Lipinski definition) is 5. The summed E-state index contributed by atoms with van der Waals surface area (Å²) in [4.78, 5) is 16.4. The Morgan fingerprint density at radius 1 is 1.27 bits per heavy atom. The van der Waals surface area contributed by atoms with Crippen LogP contribution in [0.4, 0.5) is 0 Å². The molecule has 1 unspecified atom stereocenters. The van der Waals surface area contributed by atoms with E-state index in [1.165, 1.54) is 0 Å². The molecule has 1 aromatic rings. The number of methoxy groups -OCH3 is 1. The lowest BCUT2D eigenvalue weighted by atomic mass is 10.2. The van der Waals surface area contributed by atoms with Crippen molar-refractivity contribution in [1.29, 1.82) is 0 Å². The van der Waals surface area contributed by atoms with E-state index in [0.717, 1.165) is 0 Å². The summed E-state index contributed by atoms with van der Waals surface area (Å²) in [6.45, 7) is 3.37. The Morgan fingerprint density at radius 2 is 2.00 bits per heavy atom. The molecule has 1 heterocycles. The smallest absolute Gasteiger partial charge is 0.251 e. The van der Waals surface area contributed by atoms with Gasteiger partial charge in [-0.05, 0) is 37.6 Å². The molecule has 0 aliphatic carbocycles. The number of carbonyl (C=O) groups is 1. The van der Waals surface area contributed by atoms with Crippen LogP contribution in [-0.2, 0) is 9.84 Å². The Kier molecular flexibility index (Phi) is 7.26. The minimum absolute atomic E-state index is 0.119. The summed E-state index contributed by atoms with van der Waals surface area (Å²) >= 11 is 0. The standard InChI is InChI=1S/C17H26N4O4S/c1-3-18-17(21-14-8-11-26(23,24)12-14)20-10-9-19-16(22)13-4-6-15(25-2)7-5-13/h4-7,14H,3,8-12H2,1-2H3,(H,19,22)(H2,18,20,21). The lowest BCUT2D eigenvalue weighted by molar-refractivity contribution is 0.0954. The molecule has 1 fully saturated rings. The second-order valence-corrected chi connectivity index (χ2v) is 8.22. The molecule has 26 heavy (non-hydrogen) atoms. The van der Waals surface area contributed by atoms with E-state index in [1.807, 2.05) is 6.92 Å². The third-order valence-electron chi connectivity index (χ3n) is 3.94. The summed E-state index contributed by atoms with van der Waals surface area (Å²) < 4.78 is 28.1. The van der Waals surface area contributed by atoms with Crippen molar-refractivity contribution in [2.75, 3.05) is 38.2 Å². The van der Waals surface area contributed by atoms with E-state index in [9.17, 15) is 13.2 Å². The highest BCUT2D eigenvalue weighted by Crippen LogP contribution is 2.11. The topological polar surface area (TPSA) is 109 Å². The highest BCUT2D eigenvalue weighted by Gasteiger charge is 2.28. The lowest BCUT2D eigenvalue weighted by Crippen LogP contribution is -2.44. The van der Waals surface area contributed by atoms with Crippen LogP contribution in [0.2, 0.25) is 0 Å². The zero-order valence-corrected chi connectivity index (χ0v) is 15.9. The van der Waals surface area contributed by atoms with Crippen molar-refractivity contribution >= 4 is 21.7 Å². The molecule has 144 valence electrons. The summed E-state index contributed by atoms with van der Waals surface area (Å²) in [5.74, 6) is 1.42. The fourth-order valence-corrected chi connectivity index (χ4v) is 4.28. The van der Waals surface area contributed by atoms with Gasteiger partial charge in [-0.15, -0.1) is 0 Å². The molecule has 8 nitrogen and oxygen atoms in total. The van der Waals surface area contributed by atoms with Crippen LogP contribution >= 0.6 is 0 Å². The number of carbonyl (C=O) groups excluding carboxylic acids is 1. The first-order valence-electron chi connectivity index (χ1n) is 8.61. The van der Waals surface area contributed by atoms with Gasteiger partial charge in [0.25, 0.3) is 5.91 Å². The highest BCUT2D eigenvalue weighted by atomic mass is 32.2. The molecule has 1 amide bonds. The number of nitrogens with one attached hydrogen (secondary N) is 3. The summed E-state index contributed by atoms with van der Waals surface area (Å²) in [6, 6.07) is 6.74. The van der Waals surface area contributed by atoms with E-state index in [1.54, 1.807) is 31.4 Å². The molecular formula is C17H26N4O4S. The molecular weight excluding hydrogens is 356 g/mol. The van der Waals surface area contributed by atoms with Crippen molar-refractivity contribution in [3.63, 3.8) is 0 Å². The number of ether oxygens (including phenoxy) is 1. The zero-order valence-electron chi connectivity index (χ0n) is 15.1. The quantitative estimate of drug-likeness (QED) is 0.352. The predicted molar refractivity (Wildman–Crippen MR) is 102 cm³/mol. The van der Waals surface area contributed by atoms with E-state index < -0.39 is 9.84 Å². The third-order valence-corrected chi connectivity index (χ3v) is 5.70. The van der Waals surface area contributed by atoms with Crippen LogP contribution < -0.4 is 20.7 Å². The van der Waals surface area contributed by atoms with Crippen LogP contribution in [0.5, 0.6) is 5.75 Å². The summed E-state index contributed by atoms with van der Waals surface area (Å²) in [6.07, 6.45) is 0.584. The van der Waals surface area contributed by atoms with Crippen molar-refractivity contribution in [2.45, 2.75) is 19.4 Å². The molecule has 0 spiro atoms. The number of amides is 1. The van der Waals surface area contributed by atoms with Gasteiger partial charge in [0.05, 0.1) is 25.2 Å². The molecule has 0 saturated carbocycles. The second kappa shape index (κ2) is 9.42. The highest BCUT2D eigenvalue weighted by molar-refractivity contribution is 7.91. The molecule has 1 aliphatic heterocycles. The third kappa shape index (κ3) is 6.21. The summed E-state index contributed by atoms with van der Waals surface area (Å²) in [5.41, 5.74) is 0.552. The van der Waals surface area contributed by atoms with Gasteiger partial charge in [0.1, 0.15) is 5.75 Å². The number of sulfone groups is 1. The van der Waals surface area contributed by atoms with Crippen molar-refractivity contribution in [3.8, 4) is 5.75 Å². The van der Waals surface area contributed by atoms with E-state index in [0.29, 0.717) is 43.3 Å². The van der Waals surface area contributed by atoms with Gasteiger partial charge in [-0.25, -0.2) is 8.42 Å². The Hall–Kier alpha value is -2.29. The molecule has 1 atom stereocenters. The van der Waals surface area contributed by atoms with Gasteiger partial charge in [0, 0.05) is 24.7 Å². The molecule has 0 radical (unpaired) electrons. The Balaban J connectivity index is 1.80. The molecule has 3 N–H and O–H groups in total. The van der Waals surface area contributed by atoms with Gasteiger partial charge in [-0.3, -0.25) is 9.79 Å². The van der Waals surface area contributed by atoms with Crippen LogP contribution in [0, 0.1) is 0 Å². The van der Waals surface area contributed by atoms with Crippen molar-refractivity contribution < 1.29 is 17.9 Å². The van der Waals surface area contributed by atoms with Crippen LogP contribution in [0.15, 0.2) is 29.3 Å². The fraction of sp³-hybridized carbons (Fsp3) is 0.529. The number of nitrogens with zero attached hydrogens (tertiary/aromatic N) is 1. The van der Waals surface area contributed by atoms with Crippen LogP contribution in [-0.4, -0.2) is 64.6 Å². The molecule has 0 aromatic heterocycles. The minimum Gasteiger partial charge on any atom is -0.497 e. The Labute approximate surface area is 154 Å². The van der Waals surface area contributed by atoms with E-state index in [4.69, 9.17) is 4.74 Å². The molecule has 1 aromatic carbocycles. The number of rotatable bonds is 7. The van der Waals surface area contributed by atoms with E-state index in [-0.39, 0.29) is 23.5 Å². The second-order valence-electron chi connectivity index (χ2n) is 5.99. The SMILES string of the molecule is CCNC(=NCCNC(=O)c1ccc(OC)cc1)NC1CCS(=O)(=O)C1. The van der Waals surface area contributed by atoms with Crippen LogP contribution in [0.1, 0.15) is 23.7 Å². The zero-order chi connectivity index (χ0) is 19.0. The average molecular weight is 382 g/mol. The van der Waals surface area contributed by atoms with E-state index in [2.05, 4.69) is 20.9 Å². The molecule has 2 rings (SSSR count). The summed E-state index contributed by atoms with van der Waals surface area (Å²) in [5, 5.41) is 9.03. The van der Waals surface area contributed by atoms with Gasteiger partial charge in [-0.1, -0.05) is 0 Å². The first kappa shape index (κ1) is 20.0. The van der Waals surface area contributed by atoms with Crippen LogP contribution in [0.3, 0.4) is 0 Å². The van der Waals surface area contributed by atoms with Gasteiger partial charge in [0.2, 0.25) is 0 Å². The predicted octanol–water partition coefficient (Wildman–Crippen LogP) is 0.167. The molecule has 1 saturated heterocycles. The van der Waals surface area contributed by atoms with Crippen molar-refractivity contribution in [2.24, 2.45) is 4.99 Å². The van der Waals surface area contributed by atoms with Gasteiger partial charge in [-0.2, -0.15) is 0 Å². The Morgan fingerprint density at radius 3 is 2.58 bits per heavy atom. The van der Waals surface area contributed by atoms with Gasteiger partial charge < -0.3 is 20.7 Å². The minimum atomic E-state index is -2.94. The number of hydrogen-bond donors (Lipinski definition) is 3. The lowest BCUT2D eigenvalue weighted by Gasteiger charge is -2.15. The maximum atomic E-state index is 12.1. The number of aliphatic imine (C=N–C) groups is 1. The summed E-state index contributed by atoms with van der Waals surface area (Å²) in [7, 11) is -1.37. The number of benzene rings is 1. The van der Waals surface area contributed by atoms with Crippen molar-refractivity contribution in [3.05, 3.63) is 29.8 Å². The molecule has 9 heteroatoms. The van der Waals surface area contributed by atoms with Crippen molar-refractivity contribution in [1.82, 2.24) is 16.0 Å². The largest absolute Gasteiger partial charge is 0.497 e. The monoisotopic (exact) mass is 382 g/mol. The fourth-order valence-electron chi connectivity index (χ4n) is 2.60. The first-order valence-corrected chi connectivity index (χ1v) is 10.4. The maximum absolute atomic E-state index is 12.1. The first-order chi connectivity index (χ1) is 12.4.